The van der Waals surface area contributed by atoms with Crippen molar-refractivity contribution in [3.63, 3.8) is 0 Å². The normalized spacial score (nSPS) is 20.0. The number of halogens is 1. The molecule has 126 valence electrons. The molecule has 3 rings (SSSR count). The SMILES string of the molecule is O=C(COc1ccc2cc(Br)ccc2c1)NC1(C(=O)O)CCOC1. The van der Waals surface area contributed by atoms with Crippen LogP contribution in [0.3, 0.4) is 0 Å². The third-order valence-corrected chi connectivity index (χ3v) is 4.45. The maximum absolute atomic E-state index is 12.0. The lowest BCUT2D eigenvalue weighted by atomic mass is 9.99. The zero-order chi connectivity index (χ0) is 17.2. The highest BCUT2D eigenvalue weighted by molar-refractivity contribution is 9.10. The van der Waals surface area contributed by atoms with E-state index in [0.717, 1.165) is 15.2 Å². The average Bonchev–Trinajstić information content (AvgIpc) is 3.02. The molecule has 0 bridgehead atoms. The van der Waals surface area contributed by atoms with Crippen LogP contribution in [-0.2, 0) is 14.3 Å². The molecule has 1 aliphatic heterocycles. The molecule has 2 N–H and O–H groups in total. The molecule has 2 aromatic rings. The number of ether oxygens (including phenoxy) is 2. The van der Waals surface area contributed by atoms with E-state index in [9.17, 15) is 14.7 Å². The third-order valence-electron chi connectivity index (χ3n) is 3.95. The molecular weight excluding hydrogens is 378 g/mol. The highest BCUT2D eigenvalue weighted by atomic mass is 79.9. The Morgan fingerprint density at radius 3 is 2.71 bits per heavy atom. The van der Waals surface area contributed by atoms with E-state index < -0.39 is 17.4 Å². The molecule has 1 saturated heterocycles. The number of aliphatic carboxylic acids is 1. The summed E-state index contributed by atoms with van der Waals surface area (Å²) in [5.74, 6) is -1.03. The maximum Gasteiger partial charge on any atom is 0.331 e. The summed E-state index contributed by atoms with van der Waals surface area (Å²) in [7, 11) is 0. The van der Waals surface area contributed by atoms with Crippen molar-refractivity contribution >= 4 is 38.6 Å². The topological polar surface area (TPSA) is 84.9 Å². The van der Waals surface area contributed by atoms with Gasteiger partial charge in [-0.1, -0.05) is 28.1 Å². The number of nitrogens with one attached hydrogen (secondary N) is 1. The fourth-order valence-electron chi connectivity index (χ4n) is 2.62. The summed E-state index contributed by atoms with van der Waals surface area (Å²) in [6, 6.07) is 11.4. The fourth-order valence-corrected chi connectivity index (χ4v) is 3.00. The zero-order valence-corrected chi connectivity index (χ0v) is 14.3. The summed E-state index contributed by atoms with van der Waals surface area (Å²) in [4.78, 5) is 23.4. The number of hydrogen-bond donors (Lipinski definition) is 2. The Morgan fingerprint density at radius 1 is 1.25 bits per heavy atom. The molecule has 0 aliphatic carbocycles. The molecule has 1 heterocycles. The number of carboxylic acid groups (broad SMARTS) is 1. The number of amides is 1. The molecule has 1 aliphatic rings. The van der Waals surface area contributed by atoms with Crippen molar-refractivity contribution in [3.05, 3.63) is 40.9 Å². The summed E-state index contributed by atoms with van der Waals surface area (Å²) in [5.41, 5.74) is -1.35. The molecule has 0 aromatic heterocycles. The van der Waals surface area contributed by atoms with Crippen LogP contribution in [0.15, 0.2) is 40.9 Å². The number of carbonyl (C=O) groups excluding carboxylic acids is 1. The molecule has 1 atom stereocenters. The molecule has 24 heavy (non-hydrogen) atoms. The number of carbonyl (C=O) groups is 2. The third kappa shape index (κ3) is 3.52. The van der Waals surface area contributed by atoms with E-state index in [-0.39, 0.29) is 19.6 Å². The summed E-state index contributed by atoms with van der Waals surface area (Å²) in [6.07, 6.45) is 0.249. The van der Waals surface area contributed by atoms with E-state index >= 15 is 0 Å². The standard InChI is InChI=1S/C17H16BrNO5/c18-13-3-1-12-8-14(4-2-11(12)7-13)24-9-15(20)19-17(16(21)22)5-6-23-10-17/h1-4,7-8H,5-6,9-10H2,(H,19,20)(H,21,22). The second-order valence-corrected chi connectivity index (χ2v) is 6.60. The molecule has 1 amide bonds. The first-order chi connectivity index (χ1) is 11.5. The van der Waals surface area contributed by atoms with Gasteiger partial charge in [0.1, 0.15) is 5.75 Å². The van der Waals surface area contributed by atoms with E-state index in [4.69, 9.17) is 9.47 Å². The molecular formula is C17H16BrNO5. The van der Waals surface area contributed by atoms with E-state index in [1.807, 2.05) is 30.3 Å². The monoisotopic (exact) mass is 393 g/mol. The molecule has 0 spiro atoms. The van der Waals surface area contributed by atoms with Gasteiger partial charge in [-0.2, -0.15) is 0 Å². The zero-order valence-electron chi connectivity index (χ0n) is 12.8. The van der Waals surface area contributed by atoms with Crippen LogP contribution >= 0.6 is 15.9 Å². The molecule has 2 aromatic carbocycles. The molecule has 6 nitrogen and oxygen atoms in total. The van der Waals surface area contributed by atoms with Crippen LogP contribution in [0.4, 0.5) is 0 Å². The predicted octanol–water partition coefficient (Wildman–Crippen LogP) is 2.34. The first-order valence-electron chi connectivity index (χ1n) is 7.43. The predicted molar refractivity (Wildman–Crippen MR) is 91.1 cm³/mol. The van der Waals surface area contributed by atoms with E-state index in [1.54, 1.807) is 6.07 Å². The van der Waals surface area contributed by atoms with Crippen LogP contribution in [-0.4, -0.2) is 42.3 Å². The fraction of sp³-hybridized carbons (Fsp3) is 0.294. The van der Waals surface area contributed by atoms with Gasteiger partial charge >= 0.3 is 5.97 Å². The van der Waals surface area contributed by atoms with Crippen molar-refractivity contribution < 1.29 is 24.2 Å². The summed E-state index contributed by atoms with van der Waals surface area (Å²) >= 11 is 3.42. The first-order valence-corrected chi connectivity index (χ1v) is 8.22. The van der Waals surface area contributed by atoms with Gasteiger partial charge in [0.25, 0.3) is 5.91 Å². The molecule has 1 fully saturated rings. The first kappa shape index (κ1) is 16.7. The Kier molecular flexibility index (Phi) is 4.73. The van der Waals surface area contributed by atoms with Gasteiger partial charge in [-0.3, -0.25) is 4.79 Å². The number of rotatable bonds is 5. The summed E-state index contributed by atoms with van der Waals surface area (Å²) in [5, 5.41) is 13.8. The van der Waals surface area contributed by atoms with Gasteiger partial charge in [0.2, 0.25) is 0 Å². The molecule has 0 radical (unpaired) electrons. The lowest BCUT2D eigenvalue weighted by molar-refractivity contribution is -0.148. The minimum Gasteiger partial charge on any atom is -0.484 e. The highest BCUT2D eigenvalue weighted by Crippen LogP contribution is 2.24. The Labute approximate surface area is 146 Å². The quantitative estimate of drug-likeness (QED) is 0.814. The number of benzene rings is 2. The van der Waals surface area contributed by atoms with Crippen molar-refractivity contribution in [2.24, 2.45) is 0 Å². The second-order valence-electron chi connectivity index (χ2n) is 5.68. The van der Waals surface area contributed by atoms with Crippen LogP contribution in [0.1, 0.15) is 6.42 Å². The average molecular weight is 394 g/mol. The Bertz CT molecular complexity index is 786. The smallest absolute Gasteiger partial charge is 0.331 e. The van der Waals surface area contributed by atoms with Crippen molar-refractivity contribution in [1.29, 1.82) is 0 Å². The van der Waals surface area contributed by atoms with Crippen molar-refractivity contribution in [3.8, 4) is 5.75 Å². The second kappa shape index (κ2) is 6.78. The summed E-state index contributed by atoms with van der Waals surface area (Å²) < 4.78 is 11.6. The number of hydrogen-bond acceptors (Lipinski definition) is 4. The number of fused-ring (bicyclic) bond motifs is 1. The molecule has 1 unspecified atom stereocenters. The van der Waals surface area contributed by atoms with Gasteiger partial charge < -0.3 is 19.9 Å². The van der Waals surface area contributed by atoms with Gasteiger partial charge in [-0.05, 0) is 35.0 Å². The Morgan fingerprint density at radius 2 is 2.00 bits per heavy atom. The van der Waals surface area contributed by atoms with Gasteiger partial charge in [-0.25, -0.2) is 4.79 Å². The Balaban J connectivity index is 1.64. The van der Waals surface area contributed by atoms with E-state index in [0.29, 0.717) is 12.4 Å². The minimum absolute atomic E-state index is 0.0288. The van der Waals surface area contributed by atoms with Crippen LogP contribution in [0.5, 0.6) is 5.75 Å². The largest absolute Gasteiger partial charge is 0.484 e. The van der Waals surface area contributed by atoms with Crippen molar-refractivity contribution in [2.45, 2.75) is 12.0 Å². The van der Waals surface area contributed by atoms with Crippen LogP contribution in [0.2, 0.25) is 0 Å². The van der Waals surface area contributed by atoms with Gasteiger partial charge in [0, 0.05) is 17.5 Å². The van der Waals surface area contributed by atoms with E-state index in [1.165, 1.54) is 0 Å². The highest BCUT2D eigenvalue weighted by Gasteiger charge is 2.43. The van der Waals surface area contributed by atoms with Crippen molar-refractivity contribution in [2.75, 3.05) is 19.8 Å². The molecule has 0 saturated carbocycles. The van der Waals surface area contributed by atoms with Crippen LogP contribution in [0.25, 0.3) is 10.8 Å². The van der Waals surface area contributed by atoms with Crippen molar-refractivity contribution in [1.82, 2.24) is 5.32 Å². The van der Waals surface area contributed by atoms with Gasteiger partial charge in [0.05, 0.1) is 6.61 Å². The lowest BCUT2D eigenvalue weighted by Crippen LogP contribution is -2.56. The molecule has 7 heteroatoms. The van der Waals surface area contributed by atoms with E-state index in [2.05, 4.69) is 21.2 Å². The van der Waals surface area contributed by atoms with Gasteiger partial charge in [-0.15, -0.1) is 0 Å². The van der Waals surface area contributed by atoms with Crippen LogP contribution < -0.4 is 10.1 Å². The number of carboxylic acids is 1. The maximum atomic E-state index is 12.0. The Hall–Kier alpha value is -2.12. The van der Waals surface area contributed by atoms with Gasteiger partial charge in [0.15, 0.2) is 12.1 Å². The summed E-state index contributed by atoms with van der Waals surface area (Å²) in [6.45, 7) is 0.0314. The van der Waals surface area contributed by atoms with Crippen LogP contribution in [0, 0.1) is 0 Å². The lowest BCUT2D eigenvalue weighted by Gasteiger charge is -2.23. The minimum atomic E-state index is -1.35.